The Hall–Kier alpha value is -1.88. The number of hydrogen-bond donors (Lipinski definition) is 2. The van der Waals surface area contributed by atoms with Crippen LogP contribution in [0.5, 0.6) is 23.0 Å². The maximum absolute atomic E-state index is 10.0. The fourth-order valence-corrected chi connectivity index (χ4v) is 2.52. The van der Waals surface area contributed by atoms with Crippen molar-refractivity contribution in [3.63, 3.8) is 0 Å². The quantitative estimate of drug-likeness (QED) is 0.896. The molecule has 0 heterocycles. The van der Waals surface area contributed by atoms with Crippen molar-refractivity contribution in [2.24, 2.45) is 0 Å². The Morgan fingerprint density at radius 2 is 1.65 bits per heavy atom. The molecule has 0 saturated carbocycles. The topological polar surface area (TPSA) is 58.9 Å². The predicted octanol–water partition coefficient (Wildman–Crippen LogP) is 3.47. The number of aromatic hydroxyl groups is 2. The lowest BCUT2D eigenvalue weighted by Gasteiger charge is -2.12. The van der Waals surface area contributed by atoms with Crippen molar-refractivity contribution < 1.29 is 19.7 Å². The molecule has 2 N–H and O–H groups in total. The van der Waals surface area contributed by atoms with Gasteiger partial charge in [0.05, 0.1) is 18.7 Å². The lowest BCUT2D eigenvalue weighted by Crippen LogP contribution is -1.95. The minimum atomic E-state index is 0.144. The third-order valence-electron chi connectivity index (χ3n) is 3.00. The second-order valence-electron chi connectivity index (χ2n) is 4.29. The van der Waals surface area contributed by atoms with Crippen molar-refractivity contribution in [2.75, 3.05) is 14.2 Å². The monoisotopic (exact) mass is 338 g/mol. The zero-order chi connectivity index (χ0) is 14.7. The van der Waals surface area contributed by atoms with Crippen molar-refractivity contribution in [2.45, 2.75) is 6.42 Å². The van der Waals surface area contributed by atoms with Crippen LogP contribution >= 0.6 is 15.9 Å². The largest absolute Gasteiger partial charge is 0.508 e. The van der Waals surface area contributed by atoms with E-state index in [4.69, 9.17) is 9.47 Å². The molecule has 20 heavy (non-hydrogen) atoms. The molecule has 0 aromatic heterocycles. The normalized spacial score (nSPS) is 10.3. The first-order valence-corrected chi connectivity index (χ1v) is 6.75. The number of ether oxygens (including phenoxy) is 2. The van der Waals surface area contributed by atoms with Crippen LogP contribution in [0, 0.1) is 0 Å². The molecule has 0 amide bonds. The van der Waals surface area contributed by atoms with Crippen LogP contribution in [0.1, 0.15) is 11.1 Å². The molecule has 0 spiro atoms. The SMILES string of the molecule is COc1cc(O)c(Cc2ccc(O)cc2OC)cc1Br. The molecule has 5 heteroatoms. The van der Waals surface area contributed by atoms with E-state index in [0.29, 0.717) is 17.9 Å². The first kappa shape index (κ1) is 14.5. The van der Waals surface area contributed by atoms with Crippen molar-refractivity contribution in [1.29, 1.82) is 0 Å². The Balaban J connectivity index is 2.37. The number of halogens is 1. The number of phenols is 2. The van der Waals surface area contributed by atoms with Crippen LogP contribution in [0.2, 0.25) is 0 Å². The predicted molar refractivity (Wildman–Crippen MR) is 79.8 cm³/mol. The summed E-state index contributed by atoms with van der Waals surface area (Å²) in [6.07, 6.45) is 0.484. The minimum absolute atomic E-state index is 0.144. The highest BCUT2D eigenvalue weighted by molar-refractivity contribution is 9.10. The molecule has 2 rings (SSSR count). The highest BCUT2D eigenvalue weighted by Crippen LogP contribution is 2.35. The smallest absolute Gasteiger partial charge is 0.136 e. The number of hydrogen-bond acceptors (Lipinski definition) is 4. The van der Waals surface area contributed by atoms with Crippen LogP contribution in [0.25, 0.3) is 0 Å². The average Bonchev–Trinajstić information content (AvgIpc) is 2.44. The van der Waals surface area contributed by atoms with E-state index < -0.39 is 0 Å². The van der Waals surface area contributed by atoms with Gasteiger partial charge in [0, 0.05) is 18.6 Å². The van der Waals surface area contributed by atoms with E-state index in [-0.39, 0.29) is 11.5 Å². The molecule has 0 aliphatic rings. The number of phenolic OH excluding ortho intramolecular Hbond substituents is 2. The summed E-state index contributed by atoms with van der Waals surface area (Å²) in [5.74, 6) is 1.45. The van der Waals surface area contributed by atoms with Gasteiger partial charge in [-0.1, -0.05) is 6.07 Å². The Morgan fingerprint density at radius 1 is 0.950 bits per heavy atom. The molecule has 0 aliphatic heterocycles. The average molecular weight is 339 g/mol. The van der Waals surface area contributed by atoms with Crippen molar-refractivity contribution in [3.8, 4) is 23.0 Å². The third kappa shape index (κ3) is 2.99. The summed E-state index contributed by atoms with van der Waals surface area (Å²) in [6.45, 7) is 0. The Labute approximate surface area is 125 Å². The molecule has 106 valence electrons. The summed E-state index contributed by atoms with van der Waals surface area (Å²) in [5.41, 5.74) is 1.61. The van der Waals surface area contributed by atoms with E-state index in [1.54, 1.807) is 44.6 Å². The lowest BCUT2D eigenvalue weighted by molar-refractivity contribution is 0.401. The van der Waals surface area contributed by atoms with Gasteiger partial charge in [-0.2, -0.15) is 0 Å². The van der Waals surface area contributed by atoms with Gasteiger partial charge in [0.15, 0.2) is 0 Å². The maximum Gasteiger partial charge on any atom is 0.136 e. The summed E-state index contributed by atoms with van der Waals surface area (Å²) in [6, 6.07) is 8.27. The summed E-state index contributed by atoms with van der Waals surface area (Å²) in [4.78, 5) is 0. The van der Waals surface area contributed by atoms with E-state index in [9.17, 15) is 10.2 Å². The highest BCUT2D eigenvalue weighted by atomic mass is 79.9. The summed E-state index contributed by atoms with van der Waals surface area (Å²) >= 11 is 3.39. The Kier molecular flexibility index (Phi) is 4.39. The van der Waals surface area contributed by atoms with Gasteiger partial charge in [-0.25, -0.2) is 0 Å². The molecule has 4 nitrogen and oxygen atoms in total. The van der Waals surface area contributed by atoms with E-state index in [1.807, 2.05) is 0 Å². The van der Waals surface area contributed by atoms with Crippen LogP contribution in [0.15, 0.2) is 34.8 Å². The molecule has 0 unspecified atom stereocenters. The Bertz CT molecular complexity index is 626. The molecular weight excluding hydrogens is 324 g/mol. The van der Waals surface area contributed by atoms with Gasteiger partial charge in [0.25, 0.3) is 0 Å². The van der Waals surface area contributed by atoms with Crippen molar-refractivity contribution in [1.82, 2.24) is 0 Å². The third-order valence-corrected chi connectivity index (χ3v) is 3.62. The van der Waals surface area contributed by atoms with Crippen LogP contribution in [-0.4, -0.2) is 24.4 Å². The van der Waals surface area contributed by atoms with Crippen molar-refractivity contribution >= 4 is 15.9 Å². The second kappa shape index (κ2) is 6.05. The van der Waals surface area contributed by atoms with Crippen LogP contribution in [0.3, 0.4) is 0 Å². The van der Waals surface area contributed by atoms with E-state index in [0.717, 1.165) is 15.6 Å². The highest BCUT2D eigenvalue weighted by Gasteiger charge is 2.11. The standard InChI is InChI=1S/C15H15BrO4/c1-19-14-7-11(17)4-3-9(14)5-10-6-12(16)15(20-2)8-13(10)18/h3-4,6-8,17-18H,5H2,1-2H3. The lowest BCUT2D eigenvalue weighted by atomic mass is 10.0. The number of benzene rings is 2. The van der Waals surface area contributed by atoms with Gasteiger partial charge in [-0.05, 0) is 39.2 Å². The summed E-state index contributed by atoms with van der Waals surface area (Å²) in [5, 5.41) is 19.5. The molecule has 2 aromatic rings. The molecular formula is C15H15BrO4. The van der Waals surface area contributed by atoms with Gasteiger partial charge in [0.1, 0.15) is 23.0 Å². The molecule has 2 aromatic carbocycles. The molecule has 0 bridgehead atoms. The van der Waals surface area contributed by atoms with Crippen molar-refractivity contribution in [3.05, 3.63) is 45.9 Å². The van der Waals surface area contributed by atoms with Gasteiger partial charge in [-0.15, -0.1) is 0 Å². The number of rotatable bonds is 4. The first-order chi connectivity index (χ1) is 9.55. The van der Waals surface area contributed by atoms with Gasteiger partial charge < -0.3 is 19.7 Å². The molecule has 0 radical (unpaired) electrons. The fourth-order valence-electron chi connectivity index (χ4n) is 1.97. The zero-order valence-corrected chi connectivity index (χ0v) is 12.8. The zero-order valence-electron chi connectivity index (χ0n) is 11.2. The number of methoxy groups -OCH3 is 2. The molecule has 0 atom stereocenters. The van der Waals surface area contributed by atoms with Gasteiger partial charge in [-0.3, -0.25) is 0 Å². The van der Waals surface area contributed by atoms with E-state index in [1.165, 1.54) is 0 Å². The Morgan fingerprint density at radius 3 is 2.30 bits per heavy atom. The molecule has 0 aliphatic carbocycles. The summed E-state index contributed by atoms with van der Waals surface area (Å²) < 4.78 is 11.1. The van der Waals surface area contributed by atoms with Crippen LogP contribution in [0.4, 0.5) is 0 Å². The molecule has 0 fully saturated rings. The van der Waals surface area contributed by atoms with E-state index in [2.05, 4.69) is 15.9 Å². The minimum Gasteiger partial charge on any atom is -0.508 e. The first-order valence-electron chi connectivity index (χ1n) is 5.96. The fraction of sp³-hybridized carbons (Fsp3) is 0.200. The van der Waals surface area contributed by atoms with E-state index >= 15 is 0 Å². The van der Waals surface area contributed by atoms with Crippen LogP contribution < -0.4 is 9.47 Å². The second-order valence-corrected chi connectivity index (χ2v) is 5.14. The van der Waals surface area contributed by atoms with Crippen LogP contribution in [-0.2, 0) is 6.42 Å². The van der Waals surface area contributed by atoms with Gasteiger partial charge in [0.2, 0.25) is 0 Å². The molecule has 0 saturated heterocycles. The van der Waals surface area contributed by atoms with Gasteiger partial charge >= 0.3 is 0 Å². The summed E-state index contributed by atoms with van der Waals surface area (Å²) in [7, 11) is 3.09. The maximum atomic E-state index is 10.0.